The van der Waals surface area contributed by atoms with Gasteiger partial charge in [-0.3, -0.25) is 9.59 Å². The standard InChI is InChI=1S/C18H25N5O2/c1-11(2)20-18(25)15-9-12(19)10-23(15)17(24)8-7-16-21-13-5-3-4-6-14(13)22-16/h3-6,11-12,15H,7-10,19H2,1-2H3,(H,20,25)(H,21,22)/t12-,15-/m0/s1. The van der Waals surface area contributed by atoms with E-state index >= 15 is 0 Å². The highest BCUT2D eigenvalue weighted by molar-refractivity contribution is 5.88. The first kappa shape index (κ1) is 17.4. The Labute approximate surface area is 147 Å². The number of carbonyl (C=O) groups is 2. The molecule has 3 rings (SSSR count). The Kier molecular flexibility index (Phi) is 5.03. The van der Waals surface area contributed by atoms with Gasteiger partial charge in [-0.25, -0.2) is 4.98 Å². The maximum atomic E-state index is 12.6. The van der Waals surface area contributed by atoms with Crippen LogP contribution in [0.1, 0.15) is 32.5 Å². The summed E-state index contributed by atoms with van der Waals surface area (Å²) in [5, 5.41) is 2.87. The Bertz CT molecular complexity index is 737. The molecule has 2 atom stereocenters. The number of hydrogen-bond acceptors (Lipinski definition) is 4. The molecule has 2 amide bonds. The van der Waals surface area contributed by atoms with Gasteiger partial charge in [0.25, 0.3) is 0 Å². The molecule has 0 unspecified atom stereocenters. The van der Waals surface area contributed by atoms with Crippen LogP contribution in [0.2, 0.25) is 0 Å². The van der Waals surface area contributed by atoms with E-state index in [1.807, 2.05) is 38.1 Å². The first-order valence-corrected chi connectivity index (χ1v) is 8.73. The van der Waals surface area contributed by atoms with Gasteiger partial charge in [-0.1, -0.05) is 12.1 Å². The third-order valence-electron chi connectivity index (χ3n) is 4.40. The van der Waals surface area contributed by atoms with Gasteiger partial charge in [-0.15, -0.1) is 0 Å². The summed E-state index contributed by atoms with van der Waals surface area (Å²) in [6.07, 6.45) is 1.32. The Morgan fingerprint density at radius 2 is 2.16 bits per heavy atom. The number of carbonyl (C=O) groups excluding carboxylic acids is 2. The monoisotopic (exact) mass is 343 g/mol. The number of likely N-dealkylation sites (tertiary alicyclic amines) is 1. The van der Waals surface area contributed by atoms with Gasteiger partial charge in [-0.2, -0.15) is 0 Å². The van der Waals surface area contributed by atoms with Gasteiger partial charge in [0.05, 0.1) is 11.0 Å². The van der Waals surface area contributed by atoms with E-state index < -0.39 is 6.04 Å². The lowest BCUT2D eigenvalue weighted by Gasteiger charge is -2.24. The number of aromatic nitrogens is 2. The fourth-order valence-electron chi connectivity index (χ4n) is 3.27. The molecule has 7 nitrogen and oxygen atoms in total. The second-order valence-corrected chi connectivity index (χ2v) is 6.92. The Morgan fingerprint density at radius 3 is 2.88 bits per heavy atom. The van der Waals surface area contributed by atoms with E-state index in [4.69, 9.17) is 5.73 Å². The number of nitrogens with zero attached hydrogens (tertiary/aromatic N) is 2. The van der Waals surface area contributed by atoms with Crippen molar-refractivity contribution < 1.29 is 9.59 Å². The molecule has 0 spiro atoms. The van der Waals surface area contributed by atoms with Crippen LogP contribution in [0.15, 0.2) is 24.3 Å². The van der Waals surface area contributed by atoms with Gasteiger partial charge in [0.1, 0.15) is 11.9 Å². The molecular weight excluding hydrogens is 318 g/mol. The summed E-state index contributed by atoms with van der Waals surface area (Å²) >= 11 is 0. The van der Waals surface area contributed by atoms with E-state index in [9.17, 15) is 9.59 Å². The summed E-state index contributed by atoms with van der Waals surface area (Å²) in [4.78, 5) is 34.3. The average Bonchev–Trinajstić information content (AvgIpc) is 3.15. The smallest absolute Gasteiger partial charge is 0.243 e. The minimum atomic E-state index is -0.472. The zero-order valence-corrected chi connectivity index (χ0v) is 14.7. The van der Waals surface area contributed by atoms with Crippen molar-refractivity contribution in [2.45, 2.75) is 51.2 Å². The maximum Gasteiger partial charge on any atom is 0.243 e. The molecule has 1 aliphatic heterocycles. The van der Waals surface area contributed by atoms with Gasteiger partial charge in [0.2, 0.25) is 11.8 Å². The fourth-order valence-corrected chi connectivity index (χ4v) is 3.27. The highest BCUT2D eigenvalue weighted by atomic mass is 16.2. The van der Waals surface area contributed by atoms with Crippen LogP contribution >= 0.6 is 0 Å². The number of H-pyrrole nitrogens is 1. The molecule has 1 saturated heterocycles. The molecule has 0 radical (unpaired) electrons. The molecule has 0 bridgehead atoms. The molecule has 1 aliphatic rings. The number of nitrogens with one attached hydrogen (secondary N) is 2. The molecule has 134 valence electrons. The van der Waals surface area contributed by atoms with Crippen molar-refractivity contribution in [1.82, 2.24) is 20.2 Å². The molecule has 0 saturated carbocycles. The van der Waals surface area contributed by atoms with Gasteiger partial charge in [0.15, 0.2) is 0 Å². The molecule has 1 fully saturated rings. The number of para-hydroxylation sites is 2. The van der Waals surface area contributed by atoms with Crippen molar-refractivity contribution in [3.63, 3.8) is 0 Å². The van der Waals surface area contributed by atoms with Crippen molar-refractivity contribution in [3.05, 3.63) is 30.1 Å². The molecule has 0 aliphatic carbocycles. The zero-order chi connectivity index (χ0) is 18.0. The molecule has 1 aromatic carbocycles. The van der Waals surface area contributed by atoms with Crippen LogP contribution in [0.25, 0.3) is 11.0 Å². The fraction of sp³-hybridized carbons (Fsp3) is 0.500. The lowest BCUT2D eigenvalue weighted by molar-refractivity contribution is -0.138. The third kappa shape index (κ3) is 3.99. The van der Waals surface area contributed by atoms with E-state index in [1.165, 1.54) is 0 Å². The van der Waals surface area contributed by atoms with Crippen LogP contribution in [0.5, 0.6) is 0 Å². The summed E-state index contributed by atoms with van der Waals surface area (Å²) in [6, 6.07) is 7.18. The number of aryl methyl sites for hydroxylation is 1. The number of nitrogens with two attached hydrogens (primary N) is 1. The van der Waals surface area contributed by atoms with E-state index in [1.54, 1.807) is 4.90 Å². The highest BCUT2D eigenvalue weighted by Gasteiger charge is 2.37. The topological polar surface area (TPSA) is 104 Å². The van der Waals surface area contributed by atoms with Crippen molar-refractivity contribution in [3.8, 4) is 0 Å². The summed E-state index contributed by atoms with van der Waals surface area (Å²) in [7, 11) is 0. The number of fused-ring (bicyclic) bond motifs is 1. The lowest BCUT2D eigenvalue weighted by Crippen LogP contribution is -2.47. The van der Waals surface area contributed by atoms with E-state index in [0.29, 0.717) is 25.8 Å². The number of rotatable bonds is 5. The Hall–Kier alpha value is -2.41. The first-order chi connectivity index (χ1) is 11.9. The highest BCUT2D eigenvalue weighted by Crippen LogP contribution is 2.19. The zero-order valence-electron chi connectivity index (χ0n) is 14.7. The molecular formula is C18H25N5O2. The summed E-state index contributed by atoms with van der Waals surface area (Å²) in [5.74, 6) is 0.596. The van der Waals surface area contributed by atoms with Gasteiger partial charge >= 0.3 is 0 Å². The normalized spacial score (nSPS) is 20.4. The first-order valence-electron chi connectivity index (χ1n) is 8.73. The second kappa shape index (κ2) is 7.23. The number of aromatic amines is 1. The number of benzene rings is 1. The van der Waals surface area contributed by atoms with Crippen molar-refractivity contribution in [2.75, 3.05) is 6.54 Å². The minimum Gasteiger partial charge on any atom is -0.352 e. The number of imidazole rings is 1. The average molecular weight is 343 g/mol. The van der Waals surface area contributed by atoms with Crippen molar-refractivity contribution >= 4 is 22.8 Å². The van der Waals surface area contributed by atoms with Gasteiger partial charge in [-0.05, 0) is 32.4 Å². The van der Waals surface area contributed by atoms with Crippen LogP contribution in [0.4, 0.5) is 0 Å². The van der Waals surface area contributed by atoms with Gasteiger partial charge in [0, 0.05) is 31.5 Å². The predicted molar refractivity (Wildman–Crippen MR) is 95.8 cm³/mol. The quantitative estimate of drug-likeness (QED) is 0.752. The maximum absolute atomic E-state index is 12.6. The molecule has 2 aromatic rings. The summed E-state index contributed by atoms with van der Waals surface area (Å²) in [5.41, 5.74) is 7.84. The summed E-state index contributed by atoms with van der Waals surface area (Å²) < 4.78 is 0. The number of amides is 2. The van der Waals surface area contributed by atoms with Crippen LogP contribution < -0.4 is 11.1 Å². The van der Waals surface area contributed by atoms with E-state index in [2.05, 4.69) is 15.3 Å². The summed E-state index contributed by atoms with van der Waals surface area (Å²) in [6.45, 7) is 4.23. The number of hydrogen-bond donors (Lipinski definition) is 3. The molecule has 4 N–H and O–H groups in total. The second-order valence-electron chi connectivity index (χ2n) is 6.92. The van der Waals surface area contributed by atoms with Crippen LogP contribution in [0.3, 0.4) is 0 Å². The molecule has 1 aromatic heterocycles. The largest absolute Gasteiger partial charge is 0.352 e. The Balaban J connectivity index is 1.63. The predicted octanol–water partition coefficient (Wildman–Crippen LogP) is 0.948. The van der Waals surface area contributed by atoms with Crippen LogP contribution in [-0.2, 0) is 16.0 Å². The molecule has 2 heterocycles. The van der Waals surface area contributed by atoms with E-state index in [-0.39, 0.29) is 23.9 Å². The molecule has 7 heteroatoms. The lowest BCUT2D eigenvalue weighted by atomic mass is 10.1. The third-order valence-corrected chi connectivity index (χ3v) is 4.40. The van der Waals surface area contributed by atoms with Crippen LogP contribution in [0, 0.1) is 0 Å². The van der Waals surface area contributed by atoms with Crippen molar-refractivity contribution in [1.29, 1.82) is 0 Å². The van der Waals surface area contributed by atoms with E-state index in [0.717, 1.165) is 16.9 Å². The molecule has 25 heavy (non-hydrogen) atoms. The van der Waals surface area contributed by atoms with Gasteiger partial charge < -0.3 is 20.9 Å². The Morgan fingerprint density at radius 1 is 1.40 bits per heavy atom. The minimum absolute atomic E-state index is 0.0387. The van der Waals surface area contributed by atoms with Crippen LogP contribution in [-0.4, -0.2) is 51.4 Å². The SMILES string of the molecule is CC(C)NC(=O)[C@@H]1C[C@H](N)CN1C(=O)CCc1nc2ccccc2[nH]1. The van der Waals surface area contributed by atoms with Crippen molar-refractivity contribution in [2.24, 2.45) is 5.73 Å².